The molecule has 0 radical (unpaired) electrons. The molecule has 28 heavy (non-hydrogen) atoms. The quantitative estimate of drug-likeness (QED) is 0.703. The van der Waals surface area contributed by atoms with E-state index in [0.717, 1.165) is 58.4 Å². The number of hydrogen-bond acceptors (Lipinski definition) is 4. The largest absolute Gasteiger partial charge is 0.351 e. The van der Waals surface area contributed by atoms with Crippen molar-refractivity contribution in [3.63, 3.8) is 0 Å². The van der Waals surface area contributed by atoms with Crippen LogP contribution in [0.1, 0.15) is 42.2 Å². The first-order valence-corrected chi connectivity index (χ1v) is 10.1. The Labute approximate surface area is 165 Å². The minimum atomic E-state index is 0.339. The number of carbonyl (C=O) groups excluding carboxylic acids is 1. The number of aldehydes is 1. The lowest BCUT2D eigenvalue weighted by Crippen LogP contribution is -2.43. The number of pyridine rings is 1. The van der Waals surface area contributed by atoms with Gasteiger partial charge >= 0.3 is 0 Å². The zero-order valence-corrected chi connectivity index (χ0v) is 16.6. The molecular weight excluding hydrogens is 348 g/mol. The van der Waals surface area contributed by atoms with Crippen LogP contribution in [-0.2, 0) is 0 Å². The summed E-state index contributed by atoms with van der Waals surface area (Å²) < 4.78 is 2.25. The second-order valence-corrected chi connectivity index (χ2v) is 8.44. The van der Waals surface area contributed by atoms with Crippen LogP contribution in [0.4, 0.5) is 5.82 Å². The summed E-state index contributed by atoms with van der Waals surface area (Å²) in [6.07, 6.45) is 6.28. The molecule has 0 saturated carbocycles. The van der Waals surface area contributed by atoms with Crippen molar-refractivity contribution in [1.82, 2.24) is 14.9 Å². The van der Waals surface area contributed by atoms with E-state index in [4.69, 9.17) is 4.98 Å². The Hall–Kier alpha value is -2.66. The molecule has 5 heteroatoms. The predicted molar refractivity (Wildman–Crippen MR) is 113 cm³/mol. The number of aryl methyl sites for hydroxylation is 1. The third-order valence-electron chi connectivity index (χ3n) is 6.27. The standard InChI is InChI=1S/C23H26N4O/c1-14(2)26-11-15(3)23-18(13-28)6-17(7-21(23)26)16-4-5-22(25-9-16)27-12-19-8-20(27)10-24-19/h4-7,9,11,13-14,19-20,24H,8,10,12H2,1-3H3. The van der Waals surface area contributed by atoms with E-state index in [9.17, 15) is 4.79 Å². The fourth-order valence-corrected chi connectivity index (χ4v) is 4.88. The fourth-order valence-electron chi connectivity index (χ4n) is 4.88. The molecule has 2 atom stereocenters. The molecule has 2 aliphatic heterocycles. The zero-order chi connectivity index (χ0) is 19.4. The Morgan fingerprint density at radius 3 is 2.71 bits per heavy atom. The van der Waals surface area contributed by atoms with Crippen LogP contribution in [0.5, 0.6) is 0 Å². The van der Waals surface area contributed by atoms with Gasteiger partial charge < -0.3 is 14.8 Å². The number of nitrogens with one attached hydrogen (secondary N) is 1. The number of aromatic nitrogens is 2. The van der Waals surface area contributed by atoms with Gasteiger partial charge in [-0.05, 0) is 62.6 Å². The average Bonchev–Trinajstić information content (AvgIpc) is 3.42. The highest BCUT2D eigenvalue weighted by molar-refractivity contribution is 6.02. The van der Waals surface area contributed by atoms with Crippen LogP contribution in [0.15, 0.2) is 36.7 Å². The van der Waals surface area contributed by atoms with Gasteiger partial charge in [-0.1, -0.05) is 0 Å². The van der Waals surface area contributed by atoms with Gasteiger partial charge in [0.15, 0.2) is 6.29 Å². The molecular formula is C23H26N4O. The Morgan fingerprint density at radius 1 is 1.25 bits per heavy atom. The normalized spacial score (nSPS) is 21.2. The maximum Gasteiger partial charge on any atom is 0.150 e. The second-order valence-electron chi connectivity index (χ2n) is 8.44. The monoisotopic (exact) mass is 374 g/mol. The van der Waals surface area contributed by atoms with E-state index in [1.807, 2.05) is 12.3 Å². The van der Waals surface area contributed by atoms with Crippen molar-refractivity contribution in [2.24, 2.45) is 0 Å². The number of benzene rings is 1. The molecule has 2 fully saturated rings. The highest BCUT2D eigenvalue weighted by Gasteiger charge is 2.38. The Morgan fingerprint density at radius 2 is 2.11 bits per heavy atom. The molecule has 2 unspecified atom stereocenters. The van der Waals surface area contributed by atoms with E-state index in [1.165, 1.54) is 6.42 Å². The molecule has 1 N–H and O–H groups in total. The van der Waals surface area contributed by atoms with Crippen LogP contribution >= 0.6 is 0 Å². The first-order chi connectivity index (χ1) is 13.5. The van der Waals surface area contributed by atoms with Gasteiger partial charge in [0.05, 0.1) is 0 Å². The van der Waals surface area contributed by atoms with Gasteiger partial charge in [-0.2, -0.15) is 0 Å². The number of piperazine rings is 1. The van der Waals surface area contributed by atoms with Gasteiger partial charge in [0, 0.05) is 65.6 Å². The van der Waals surface area contributed by atoms with Crippen LogP contribution < -0.4 is 10.2 Å². The van der Waals surface area contributed by atoms with Gasteiger partial charge in [0.1, 0.15) is 5.82 Å². The lowest BCUT2D eigenvalue weighted by atomic mass is 10.00. The SMILES string of the molecule is Cc1cn(C(C)C)c2cc(-c3ccc(N4CC5CC4CN5)nc3)cc(C=O)c12. The Kier molecular flexibility index (Phi) is 4.02. The number of hydrogen-bond donors (Lipinski definition) is 1. The summed E-state index contributed by atoms with van der Waals surface area (Å²) in [7, 11) is 0. The van der Waals surface area contributed by atoms with E-state index in [2.05, 4.69) is 60.0 Å². The summed E-state index contributed by atoms with van der Waals surface area (Å²) in [6, 6.07) is 9.94. The number of anilines is 1. The molecule has 1 aromatic carbocycles. The van der Waals surface area contributed by atoms with Crippen LogP contribution in [0.2, 0.25) is 0 Å². The molecule has 2 saturated heterocycles. The lowest BCUT2D eigenvalue weighted by Gasteiger charge is -2.28. The van der Waals surface area contributed by atoms with E-state index >= 15 is 0 Å². The van der Waals surface area contributed by atoms with Gasteiger partial charge in [-0.15, -0.1) is 0 Å². The summed E-state index contributed by atoms with van der Waals surface area (Å²) in [5.41, 5.74) is 5.09. The van der Waals surface area contributed by atoms with Gasteiger partial charge in [0.2, 0.25) is 0 Å². The van der Waals surface area contributed by atoms with Crippen molar-refractivity contribution in [1.29, 1.82) is 0 Å². The minimum absolute atomic E-state index is 0.339. The summed E-state index contributed by atoms with van der Waals surface area (Å²) >= 11 is 0. The number of nitrogens with zero attached hydrogens (tertiary/aromatic N) is 3. The smallest absolute Gasteiger partial charge is 0.150 e. The van der Waals surface area contributed by atoms with E-state index < -0.39 is 0 Å². The number of rotatable bonds is 4. The van der Waals surface area contributed by atoms with E-state index in [-0.39, 0.29) is 0 Å². The van der Waals surface area contributed by atoms with Gasteiger partial charge in [-0.25, -0.2) is 4.98 Å². The lowest BCUT2D eigenvalue weighted by molar-refractivity contribution is 0.112. The average molecular weight is 374 g/mol. The first-order valence-electron chi connectivity index (χ1n) is 10.1. The van der Waals surface area contributed by atoms with Crippen molar-refractivity contribution in [2.45, 2.75) is 45.3 Å². The number of fused-ring (bicyclic) bond motifs is 3. The maximum absolute atomic E-state index is 11.8. The van der Waals surface area contributed by atoms with Gasteiger partial charge in [-0.3, -0.25) is 4.79 Å². The van der Waals surface area contributed by atoms with Crippen LogP contribution in [0.3, 0.4) is 0 Å². The van der Waals surface area contributed by atoms with Crippen LogP contribution in [0, 0.1) is 6.92 Å². The fraction of sp³-hybridized carbons (Fsp3) is 0.391. The second kappa shape index (κ2) is 6.45. The predicted octanol–water partition coefficient (Wildman–Crippen LogP) is 3.96. The molecule has 4 heterocycles. The summed E-state index contributed by atoms with van der Waals surface area (Å²) in [4.78, 5) is 19.0. The summed E-state index contributed by atoms with van der Waals surface area (Å²) in [5, 5.41) is 4.59. The molecule has 2 bridgehead atoms. The zero-order valence-electron chi connectivity index (χ0n) is 16.6. The molecule has 3 aromatic rings. The highest BCUT2D eigenvalue weighted by Crippen LogP contribution is 2.33. The third-order valence-corrected chi connectivity index (χ3v) is 6.27. The number of carbonyl (C=O) groups is 1. The van der Waals surface area contributed by atoms with Crippen molar-refractivity contribution in [3.8, 4) is 11.1 Å². The van der Waals surface area contributed by atoms with E-state index in [0.29, 0.717) is 18.1 Å². The third kappa shape index (κ3) is 2.65. The molecule has 5 nitrogen and oxygen atoms in total. The van der Waals surface area contributed by atoms with Crippen LogP contribution in [0.25, 0.3) is 22.0 Å². The highest BCUT2D eigenvalue weighted by atomic mass is 16.1. The minimum Gasteiger partial charge on any atom is -0.351 e. The maximum atomic E-state index is 11.8. The Balaban J connectivity index is 1.55. The molecule has 144 valence electrons. The van der Waals surface area contributed by atoms with Gasteiger partial charge in [0.25, 0.3) is 0 Å². The van der Waals surface area contributed by atoms with E-state index in [1.54, 1.807) is 0 Å². The molecule has 0 aliphatic carbocycles. The van der Waals surface area contributed by atoms with Crippen molar-refractivity contribution >= 4 is 23.0 Å². The van der Waals surface area contributed by atoms with Crippen molar-refractivity contribution in [2.75, 3.05) is 18.0 Å². The van der Waals surface area contributed by atoms with Crippen molar-refractivity contribution in [3.05, 3.63) is 47.8 Å². The first kappa shape index (κ1) is 17.4. The van der Waals surface area contributed by atoms with Crippen LogP contribution in [-0.4, -0.2) is 41.0 Å². The Bertz CT molecular complexity index is 1050. The molecule has 5 rings (SSSR count). The molecule has 0 spiro atoms. The molecule has 2 aliphatic rings. The molecule has 2 aromatic heterocycles. The topological polar surface area (TPSA) is 50.2 Å². The summed E-state index contributed by atoms with van der Waals surface area (Å²) in [6.45, 7) is 8.50. The summed E-state index contributed by atoms with van der Waals surface area (Å²) in [5.74, 6) is 1.05. The van der Waals surface area contributed by atoms with Crippen molar-refractivity contribution < 1.29 is 4.79 Å². The molecule has 0 amide bonds.